The van der Waals surface area contributed by atoms with E-state index < -0.39 is 9.84 Å². The summed E-state index contributed by atoms with van der Waals surface area (Å²) >= 11 is 0. The molecule has 0 aliphatic carbocycles. The molecule has 1 aromatic carbocycles. The van der Waals surface area contributed by atoms with Crippen molar-refractivity contribution >= 4 is 38.6 Å². The predicted molar refractivity (Wildman–Crippen MR) is 143 cm³/mol. The zero-order valence-electron chi connectivity index (χ0n) is 22.2. The van der Waals surface area contributed by atoms with Gasteiger partial charge in [0, 0.05) is 30.8 Å². The van der Waals surface area contributed by atoms with Crippen LogP contribution in [-0.4, -0.2) is 69.3 Å². The third-order valence-corrected chi connectivity index (χ3v) is 8.23. The first-order valence-corrected chi connectivity index (χ1v) is 14.2. The SMILES string of the molecule is COc1ccc(S(C)(=O)=O)cc1Nc1cc2c(c(C3CCN(C(C)(C)C)CC3)n1)N(C)C(=O)C(C)N2. The molecule has 196 valence electrons. The number of carbonyl (C=O) groups excluding carboxylic acids is 1. The number of likely N-dealkylation sites (tertiary alicyclic amines) is 1. The molecule has 0 bridgehead atoms. The predicted octanol–water partition coefficient (Wildman–Crippen LogP) is 3.99. The molecule has 2 aliphatic rings. The van der Waals surface area contributed by atoms with E-state index in [0.29, 0.717) is 17.3 Å². The summed E-state index contributed by atoms with van der Waals surface area (Å²) in [6, 6.07) is 6.22. The van der Waals surface area contributed by atoms with Crippen LogP contribution in [0.5, 0.6) is 5.75 Å². The number of likely N-dealkylation sites (N-methyl/N-ethyl adjacent to an activating group) is 1. The Morgan fingerprint density at radius 3 is 2.42 bits per heavy atom. The van der Waals surface area contributed by atoms with Crippen LogP contribution in [0.3, 0.4) is 0 Å². The maximum Gasteiger partial charge on any atom is 0.249 e. The highest BCUT2D eigenvalue weighted by molar-refractivity contribution is 7.90. The number of anilines is 4. The van der Waals surface area contributed by atoms with Gasteiger partial charge in [-0.1, -0.05) is 0 Å². The molecule has 9 nitrogen and oxygen atoms in total. The Balaban J connectivity index is 1.76. The molecule has 2 N–H and O–H groups in total. The van der Waals surface area contributed by atoms with E-state index in [4.69, 9.17) is 9.72 Å². The number of hydrogen-bond donors (Lipinski definition) is 2. The van der Waals surface area contributed by atoms with Crippen LogP contribution >= 0.6 is 0 Å². The molecule has 1 fully saturated rings. The summed E-state index contributed by atoms with van der Waals surface area (Å²) < 4.78 is 29.8. The smallest absolute Gasteiger partial charge is 0.249 e. The van der Waals surface area contributed by atoms with Gasteiger partial charge < -0.3 is 20.3 Å². The van der Waals surface area contributed by atoms with Gasteiger partial charge in [-0.3, -0.25) is 9.69 Å². The minimum absolute atomic E-state index is 0.000842. The third-order valence-electron chi connectivity index (χ3n) is 7.12. The van der Waals surface area contributed by atoms with E-state index in [1.54, 1.807) is 31.2 Å². The average Bonchev–Trinajstić information content (AvgIpc) is 2.81. The first-order chi connectivity index (χ1) is 16.8. The highest BCUT2D eigenvalue weighted by atomic mass is 32.2. The maximum atomic E-state index is 12.8. The van der Waals surface area contributed by atoms with Gasteiger partial charge in [-0.2, -0.15) is 0 Å². The zero-order chi connectivity index (χ0) is 26.4. The van der Waals surface area contributed by atoms with Gasteiger partial charge in [-0.05, 0) is 71.8 Å². The van der Waals surface area contributed by atoms with Crippen LogP contribution < -0.4 is 20.3 Å². The van der Waals surface area contributed by atoms with Gasteiger partial charge in [0.15, 0.2) is 9.84 Å². The minimum Gasteiger partial charge on any atom is -0.495 e. The van der Waals surface area contributed by atoms with Crippen molar-refractivity contribution in [3.05, 3.63) is 30.0 Å². The van der Waals surface area contributed by atoms with Crippen molar-refractivity contribution in [2.24, 2.45) is 0 Å². The summed E-state index contributed by atoms with van der Waals surface area (Å²) in [5.74, 6) is 1.26. The Hall–Kier alpha value is -2.85. The van der Waals surface area contributed by atoms with Crippen molar-refractivity contribution in [3.63, 3.8) is 0 Å². The number of sulfone groups is 1. The van der Waals surface area contributed by atoms with Crippen LogP contribution in [0.25, 0.3) is 0 Å². The van der Waals surface area contributed by atoms with E-state index in [-0.39, 0.29) is 28.3 Å². The van der Waals surface area contributed by atoms with Crippen molar-refractivity contribution in [3.8, 4) is 5.75 Å². The molecular formula is C26H37N5O4S. The quantitative estimate of drug-likeness (QED) is 0.616. The molecule has 0 saturated carbocycles. The van der Waals surface area contributed by atoms with Gasteiger partial charge in [0.1, 0.15) is 17.6 Å². The normalized spacial score (nSPS) is 19.6. The molecule has 0 spiro atoms. The van der Waals surface area contributed by atoms with E-state index in [1.165, 1.54) is 12.3 Å². The van der Waals surface area contributed by atoms with E-state index >= 15 is 0 Å². The number of piperidine rings is 1. The van der Waals surface area contributed by atoms with Crippen molar-refractivity contribution in [1.29, 1.82) is 0 Å². The molecule has 1 atom stereocenters. The summed E-state index contributed by atoms with van der Waals surface area (Å²) in [6.45, 7) is 10.4. The Bertz CT molecular complexity index is 1260. The lowest BCUT2D eigenvalue weighted by Crippen LogP contribution is -2.47. The van der Waals surface area contributed by atoms with E-state index in [1.807, 2.05) is 13.0 Å². The minimum atomic E-state index is -3.40. The molecule has 1 aromatic heterocycles. The number of nitrogens with one attached hydrogen (secondary N) is 2. The topological polar surface area (TPSA) is 104 Å². The van der Waals surface area contributed by atoms with Gasteiger partial charge in [-0.25, -0.2) is 13.4 Å². The Kier molecular flexibility index (Phi) is 6.96. The number of hydrogen-bond acceptors (Lipinski definition) is 8. The van der Waals surface area contributed by atoms with E-state index in [2.05, 4.69) is 36.3 Å². The Morgan fingerprint density at radius 2 is 1.83 bits per heavy atom. The molecule has 2 aromatic rings. The number of nitrogens with zero attached hydrogens (tertiary/aromatic N) is 3. The van der Waals surface area contributed by atoms with Crippen LogP contribution in [0.1, 0.15) is 52.1 Å². The van der Waals surface area contributed by atoms with E-state index in [9.17, 15) is 13.2 Å². The number of carbonyl (C=O) groups is 1. The third kappa shape index (κ3) is 5.15. The van der Waals surface area contributed by atoms with Crippen molar-refractivity contribution < 1.29 is 17.9 Å². The second kappa shape index (κ2) is 9.55. The monoisotopic (exact) mass is 515 g/mol. The zero-order valence-corrected chi connectivity index (χ0v) is 23.0. The molecule has 4 rings (SSSR count). The average molecular weight is 516 g/mol. The molecule has 1 amide bonds. The first kappa shape index (κ1) is 26.2. The summed E-state index contributed by atoms with van der Waals surface area (Å²) in [6.07, 6.45) is 3.05. The molecule has 1 unspecified atom stereocenters. The lowest BCUT2D eigenvalue weighted by atomic mass is 9.88. The van der Waals surface area contributed by atoms with Crippen LogP contribution in [0.4, 0.5) is 22.9 Å². The van der Waals surface area contributed by atoms with Gasteiger partial charge in [0.05, 0.1) is 34.8 Å². The number of amides is 1. The van der Waals surface area contributed by atoms with Crippen LogP contribution in [0, 0.1) is 0 Å². The summed E-state index contributed by atoms with van der Waals surface area (Å²) in [7, 11) is -0.0514. The van der Waals surface area contributed by atoms with Gasteiger partial charge in [0.2, 0.25) is 5.91 Å². The first-order valence-electron chi connectivity index (χ1n) is 12.3. The number of benzene rings is 1. The largest absolute Gasteiger partial charge is 0.495 e. The second-order valence-corrected chi connectivity index (χ2v) is 12.8. The molecule has 0 radical (unpaired) electrons. The fourth-order valence-electron chi connectivity index (χ4n) is 5.04. The van der Waals surface area contributed by atoms with Crippen LogP contribution in [-0.2, 0) is 14.6 Å². The second-order valence-electron chi connectivity index (χ2n) is 10.7. The number of aromatic nitrogens is 1. The van der Waals surface area contributed by atoms with E-state index in [0.717, 1.165) is 43.0 Å². The lowest BCUT2D eigenvalue weighted by Gasteiger charge is -2.42. The fraction of sp³-hybridized carbons (Fsp3) is 0.538. The van der Waals surface area contributed by atoms with Gasteiger partial charge in [-0.15, -0.1) is 0 Å². The summed E-state index contributed by atoms with van der Waals surface area (Å²) in [5, 5.41) is 6.62. The highest BCUT2D eigenvalue weighted by Gasteiger charge is 2.35. The van der Waals surface area contributed by atoms with Gasteiger partial charge in [0.25, 0.3) is 0 Å². The highest BCUT2D eigenvalue weighted by Crippen LogP contribution is 2.43. The number of pyridine rings is 1. The Labute approximate surface area is 214 Å². The van der Waals surface area contributed by atoms with Crippen molar-refractivity contribution in [2.45, 2.75) is 62.9 Å². The lowest BCUT2D eigenvalue weighted by molar-refractivity contribution is -0.118. The maximum absolute atomic E-state index is 12.8. The van der Waals surface area contributed by atoms with Crippen LogP contribution in [0.15, 0.2) is 29.2 Å². The van der Waals surface area contributed by atoms with Crippen molar-refractivity contribution in [2.75, 3.05) is 49.0 Å². The summed E-state index contributed by atoms with van der Waals surface area (Å²) in [4.78, 5) is 22.2. The summed E-state index contributed by atoms with van der Waals surface area (Å²) in [5.41, 5.74) is 3.13. The molecule has 3 heterocycles. The molecule has 36 heavy (non-hydrogen) atoms. The molecule has 1 saturated heterocycles. The molecule has 2 aliphatic heterocycles. The molecule has 10 heteroatoms. The Morgan fingerprint density at radius 1 is 1.17 bits per heavy atom. The number of ether oxygens (including phenoxy) is 1. The number of methoxy groups -OCH3 is 1. The van der Waals surface area contributed by atoms with Crippen LogP contribution in [0.2, 0.25) is 0 Å². The molecular weight excluding hydrogens is 478 g/mol. The standard InChI is InChI=1S/C26H37N5O4S/c1-16-25(32)30(5)24-20(27-16)15-22(28-19-14-18(36(7,33)34)8-9-21(19)35-6)29-23(24)17-10-12-31(13-11-17)26(2,3)4/h8-9,14-17,27H,10-13H2,1-7H3,(H,28,29). The fourth-order valence-corrected chi connectivity index (χ4v) is 5.69. The number of rotatable bonds is 5. The van der Waals surface area contributed by atoms with Gasteiger partial charge >= 0.3 is 0 Å². The number of fused-ring (bicyclic) bond motifs is 1. The van der Waals surface area contributed by atoms with Crippen molar-refractivity contribution in [1.82, 2.24) is 9.88 Å².